The molecule has 0 saturated carbocycles. The van der Waals surface area contributed by atoms with Gasteiger partial charge in [-0.1, -0.05) is 35.9 Å². The first-order chi connectivity index (χ1) is 11.0. The summed E-state index contributed by atoms with van der Waals surface area (Å²) in [7, 11) is 0. The molecule has 0 aromatic heterocycles. The number of thioether (sulfide) groups is 1. The van der Waals surface area contributed by atoms with Gasteiger partial charge in [0.1, 0.15) is 0 Å². The third-order valence-corrected chi connectivity index (χ3v) is 4.43. The monoisotopic (exact) mass is 329 g/mol. The minimum absolute atomic E-state index is 0.131. The van der Waals surface area contributed by atoms with Crippen molar-refractivity contribution in [2.24, 2.45) is 0 Å². The van der Waals surface area contributed by atoms with E-state index in [-0.39, 0.29) is 11.5 Å². The third kappa shape index (κ3) is 4.86. The van der Waals surface area contributed by atoms with Crippen molar-refractivity contribution in [3.8, 4) is 0 Å². The molecule has 0 heterocycles. The van der Waals surface area contributed by atoms with E-state index in [1.807, 2.05) is 25.1 Å². The zero-order valence-corrected chi connectivity index (χ0v) is 13.9. The molecule has 0 saturated heterocycles. The predicted octanol–water partition coefficient (Wildman–Crippen LogP) is 3.87. The average molecular weight is 329 g/mol. The Morgan fingerprint density at radius 1 is 1.13 bits per heavy atom. The Morgan fingerprint density at radius 3 is 2.57 bits per heavy atom. The van der Waals surface area contributed by atoms with Crippen molar-refractivity contribution >= 4 is 29.3 Å². The van der Waals surface area contributed by atoms with Crippen LogP contribution in [0.15, 0.2) is 42.5 Å². The molecule has 2 aromatic carbocycles. The number of carboxylic acids is 1. The second kappa shape index (κ2) is 7.83. The molecule has 0 unspecified atom stereocenters. The maximum atomic E-state index is 12.0. The highest BCUT2D eigenvalue weighted by Gasteiger charge is 2.12. The van der Waals surface area contributed by atoms with Crippen molar-refractivity contribution < 1.29 is 14.7 Å². The molecule has 0 aliphatic rings. The molecular formula is C18H19NO3S. The fraction of sp³-hybridized carbons (Fsp3) is 0.222. The molecule has 0 fully saturated rings. The lowest BCUT2D eigenvalue weighted by atomic mass is 10.1. The zero-order chi connectivity index (χ0) is 16.8. The van der Waals surface area contributed by atoms with Gasteiger partial charge >= 0.3 is 5.97 Å². The molecule has 2 aromatic rings. The van der Waals surface area contributed by atoms with Gasteiger partial charge in [-0.3, -0.25) is 4.79 Å². The van der Waals surface area contributed by atoms with Gasteiger partial charge < -0.3 is 10.4 Å². The summed E-state index contributed by atoms with van der Waals surface area (Å²) in [5.41, 5.74) is 3.71. The molecule has 120 valence electrons. The van der Waals surface area contributed by atoms with Crippen LogP contribution in [0.3, 0.4) is 0 Å². The summed E-state index contributed by atoms with van der Waals surface area (Å²) >= 11 is 1.53. The lowest BCUT2D eigenvalue weighted by molar-refractivity contribution is -0.113. The van der Waals surface area contributed by atoms with Crippen LogP contribution in [0.1, 0.15) is 27.0 Å². The standard InChI is InChI=1S/C18H19NO3S/c1-12-5-3-6-14(9-12)10-23-11-17(20)19-16-8-4-7-15(13(16)2)18(21)22/h3-9H,10-11H2,1-2H3,(H,19,20)(H,21,22). The predicted molar refractivity (Wildman–Crippen MR) is 94.1 cm³/mol. The van der Waals surface area contributed by atoms with Crippen LogP contribution in [0.25, 0.3) is 0 Å². The summed E-state index contributed by atoms with van der Waals surface area (Å²) < 4.78 is 0. The van der Waals surface area contributed by atoms with Crippen molar-refractivity contribution in [1.29, 1.82) is 0 Å². The fourth-order valence-electron chi connectivity index (χ4n) is 2.25. The van der Waals surface area contributed by atoms with Gasteiger partial charge in [-0.25, -0.2) is 4.79 Å². The second-order valence-electron chi connectivity index (χ2n) is 5.31. The number of nitrogens with one attached hydrogen (secondary N) is 1. The number of hydrogen-bond donors (Lipinski definition) is 2. The molecule has 0 bridgehead atoms. The Hall–Kier alpha value is -2.27. The number of carbonyl (C=O) groups is 2. The molecule has 5 heteroatoms. The Balaban J connectivity index is 1.90. The minimum Gasteiger partial charge on any atom is -0.478 e. The molecule has 2 rings (SSSR count). The quantitative estimate of drug-likeness (QED) is 0.844. The molecule has 1 amide bonds. The number of aromatic carboxylic acids is 1. The van der Waals surface area contributed by atoms with Crippen LogP contribution >= 0.6 is 11.8 Å². The van der Waals surface area contributed by atoms with E-state index in [0.29, 0.717) is 17.0 Å². The van der Waals surface area contributed by atoms with Crippen LogP contribution in [0, 0.1) is 13.8 Å². The largest absolute Gasteiger partial charge is 0.478 e. The van der Waals surface area contributed by atoms with Gasteiger partial charge in [-0.15, -0.1) is 11.8 Å². The van der Waals surface area contributed by atoms with Crippen molar-refractivity contribution in [2.45, 2.75) is 19.6 Å². The van der Waals surface area contributed by atoms with Gasteiger partial charge in [0.2, 0.25) is 5.91 Å². The molecule has 0 aliphatic carbocycles. The van der Waals surface area contributed by atoms with Crippen molar-refractivity contribution in [2.75, 3.05) is 11.1 Å². The van der Waals surface area contributed by atoms with Crippen LogP contribution in [0.5, 0.6) is 0 Å². The molecule has 0 spiro atoms. The zero-order valence-electron chi connectivity index (χ0n) is 13.1. The van der Waals surface area contributed by atoms with Crippen LogP contribution < -0.4 is 5.32 Å². The van der Waals surface area contributed by atoms with Gasteiger partial charge in [0, 0.05) is 11.4 Å². The van der Waals surface area contributed by atoms with E-state index >= 15 is 0 Å². The first-order valence-corrected chi connectivity index (χ1v) is 8.39. The summed E-state index contributed by atoms with van der Waals surface area (Å²) in [6, 6.07) is 13.1. The highest BCUT2D eigenvalue weighted by molar-refractivity contribution is 7.99. The molecule has 4 nitrogen and oxygen atoms in total. The number of carbonyl (C=O) groups excluding carboxylic acids is 1. The van der Waals surface area contributed by atoms with E-state index < -0.39 is 5.97 Å². The Kier molecular flexibility index (Phi) is 5.82. The third-order valence-electron chi connectivity index (χ3n) is 3.42. The van der Waals surface area contributed by atoms with Gasteiger partial charge in [0.25, 0.3) is 0 Å². The summed E-state index contributed by atoms with van der Waals surface area (Å²) in [5, 5.41) is 11.9. The second-order valence-corrected chi connectivity index (χ2v) is 6.30. The van der Waals surface area contributed by atoms with E-state index in [0.717, 1.165) is 5.75 Å². The Morgan fingerprint density at radius 2 is 1.87 bits per heavy atom. The highest BCUT2D eigenvalue weighted by atomic mass is 32.2. The molecule has 2 N–H and O–H groups in total. The molecule has 0 atom stereocenters. The number of carboxylic acid groups (broad SMARTS) is 1. The SMILES string of the molecule is Cc1cccc(CSCC(=O)Nc2cccc(C(=O)O)c2C)c1. The smallest absolute Gasteiger partial charge is 0.336 e. The topological polar surface area (TPSA) is 66.4 Å². The Bertz CT molecular complexity index is 728. The van der Waals surface area contributed by atoms with E-state index in [9.17, 15) is 9.59 Å². The first kappa shape index (κ1) is 17.1. The lowest BCUT2D eigenvalue weighted by Crippen LogP contribution is -2.16. The first-order valence-electron chi connectivity index (χ1n) is 7.23. The minimum atomic E-state index is -0.993. The van der Waals surface area contributed by atoms with E-state index in [1.54, 1.807) is 19.1 Å². The maximum absolute atomic E-state index is 12.0. The average Bonchev–Trinajstić information content (AvgIpc) is 2.49. The molecule has 23 heavy (non-hydrogen) atoms. The Labute approximate surface area is 139 Å². The van der Waals surface area contributed by atoms with Gasteiger partial charge in [-0.05, 0) is 37.1 Å². The van der Waals surface area contributed by atoms with Crippen LogP contribution in [-0.4, -0.2) is 22.7 Å². The van der Waals surface area contributed by atoms with Crippen LogP contribution in [0.4, 0.5) is 5.69 Å². The van der Waals surface area contributed by atoms with Crippen LogP contribution in [-0.2, 0) is 10.5 Å². The van der Waals surface area contributed by atoms with Crippen LogP contribution in [0.2, 0.25) is 0 Å². The lowest BCUT2D eigenvalue weighted by Gasteiger charge is -2.10. The van der Waals surface area contributed by atoms with E-state index in [1.165, 1.54) is 29.0 Å². The van der Waals surface area contributed by atoms with Crippen molar-refractivity contribution in [3.05, 3.63) is 64.7 Å². The number of hydrogen-bond acceptors (Lipinski definition) is 3. The maximum Gasteiger partial charge on any atom is 0.336 e. The van der Waals surface area contributed by atoms with E-state index in [2.05, 4.69) is 11.4 Å². The summed E-state index contributed by atoms with van der Waals surface area (Å²) in [5.74, 6) is -0.0331. The van der Waals surface area contributed by atoms with E-state index in [4.69, 9.17) is 5.11 Å². The molecule has 0 radical (unpaired) electrons. The van der Waals surface area contributed by atoms with Gasteiger partial charge in [-0.2, -0.15) is 0 Å². The summed E-state index contributed by atoms with van der Waals surface area (Å²) in [4.78, 5) is 23.1. The highest BCUT2D eigenvalue weighted by Crippen LogP contribution is 2.20. The van der Waals surface area contributed by atoms with Crippen molar-refractivity contribution in [3.63, 3.8) is 0 Å². The number of benzene rings is 2. The summed E-state index contributed by atoms with van der Waals surface area (Å²) in [6.07, 6.45) is 0. The number of aryl methyl sites for hydroxylation is 1. The van der Waals surface area contributed by atoms with Crippen molar-refractivity contribution in [1.82, 2.24) is 0 Å². The number of rotatable bonds is 6. The number of anilines is 1. The van der Waals surface area contributed by atoms with Gasteiger partial charge in [0.15, 0.2) is 0 Å². The normalized spacial score (nSPS) is 10.3. The molecule has 0 aliphatic heterocycles. The summed E-state index contributed by atoms with van der Waals surface area (Å²) in [6.45, 7) is 3.73. The van der Waals surface area contributed by atoms with Gasteiger partial charge in [0.05, 0.1) is 11.3 Å². The fourth-order valence-corrected chi connectivity index (χ4v) is 3.03. The number of amides is 1. The molecular weight excluding hydrogens is 310 g/mol.